The lowest BCUT2D eigenvalue weighted by molar-refractivity contribution is -0.131. The van der Waals surface area contributed by atoms with E-state index in [1.807, 2.05) is 13.1 Å². The summed E-state index contributed by atoms with van der Waals surface area (Å²) in [5.74, 6) is 0.878. The molecule has 1 aromatic carbocycles. The van der Waals surface area contributed by atoms with Gasteiger partial charge in [-0.15, -0.1) is 0 Å². The SMILES string of the molecule is CC(C)C[C@H](C)N(C)C(=O)Cc1cccc(O)c1. The molecule has 0 heterocycles. The van der Waals surface area contributed by atoms with Crippen molar-refractivity contribution in [2.75, 3.05) is 7.05 Å². The molecule has 1 N–H and O–H groups in total. The van der Waals surface area contributed by atoms with Crippen molar-refractivity contribution in [2.24, 2.45) is 5.92 Å². The van der Waals surface area contributed by atoms with Gasteiger partial charge in [0.15, 0.2) is 0 Å². The molecule has 0 aliphatic carbocycles. The molecule has 0 aliphatic rings. The number of amides is 1. The van der Waals surface area contributed by atoms with Gasteiger partial charge in [-0.05, 0) is 37.0 Å². The van der Waals surface area contributed by atoms with Crippen LogP contribution in [0.25, 0.3) is 0 Å². The summed E-state index contributed by atoms with van der Waals surface area (Å²) in [6.45, 7) is 6.38. The molecular weight excluding hydrogens is 226 g/mol. The molecule has 18 heavy (non-hydrogen) atoms. The van der Waals surface area contributed by atoms with E-state index in [0.717, 1.165) is 12.0 Å². The fourth-order valence-corrected chi connectivity index (χ4v) is 2.05. The molecule has 0 aromatic heterocycles. The highest BCUT2D eigenvalue weighted by molar-refractivity contribution is 5.78. The number of aromatic hydroxyl groups is 1. The average molecular weight is 249 g/mol. The second-order valence-electron chi connectivity index (χ2n) is 5.33. The van der Waals surface area contributed by atoms with Crippen LogP contribution in [0.3, 0.4) is 0 Å². The largest absolute Gasteiger partial charge is 0.508 e. The van der Waals surface area contributed by atoms with Crippen LogP contribution in [-0.2, 0) is 11.2 Å². The first-order chi connectivity index (χ1) is 8.40. The smallest absolute Gasteiger partial charge is 0.226 e. The molecule has 0 radical (unpaired) electrons. The molecule has 1 amide bonds. The minimum atomic E-state index is 0.0914. The third-order valence-corrected chi connectivity index (χ3v) is 3.13. The molecule has 0 aliphatic heterocycles. The van der Waals surface area contributed by atoms with Crippen LogP contribution in [0.2, 0.25) is 0 Å². The van der Waals surface area contributed by atoms with Gasteiger partial charge in [0.1, 0.15) is 5.75 Å². The summed E-state index contributed by atoms with van der Waals surface area (Å²) in [4.78, 5) is 13.9. The van der Waals surface area contributed by atoms with Crippen molar-refractivity contribution in [3.63, 3.8) is 0 Å². The minimum Gasteiger partial charge on any atom is -0.508 e. The zero-order chi connectivity index (χ0) is 13.7. The summed E-state index contributed by atoms with van der Waals surface area (Å²) in [5.41, 5.74) is 0.851. The zero-order valence-corrected chi connectivity index (χ0v) is 11.7. The van der Waals surface area contributed by atoms with Gasteiger partial charge in [0.05, 0.1) is 6.42 Å². The Hall–Kier alpha value is -1.51. The standard InChI is InChI=1S/C15H23NO2/c1-11(2)8-12(3)16(4)15(18)10-13-6-5-7-14(17)9-13/h5-7,9,11-12,17H,8,10H2,1-4H3/t12-/m0/s1. The molecule has 1 atom stereocenters. The van der Waals surface area contributed by atoms with Crippen LogP contribution in [0.5, 0.6) is 5.75 Å². The Morgan fingerprint density at radius 2 is 2.00 bits per heavy atom. The van der Waals surface area contributed by atoms with E-state index < -0.39 is 0 Å². The molecule has 0 bridgehead atoms. The van der Waals surface area contributed by atoms with Crippen molar-refractivity contribution in [1.82, 2.24) is 4.90 Å². The quantitative estimate of drug-likeness (QED) is 0.871. The lowest BCUT2D eigenvalue weighted by atomic mass is 10.0. The van der Waals surface area contributed by atoms with Crippen LogP contribution < -0.4 is 0 Å². The van der Waals surface area contributed by atoms with Gasteiger partial charge in [0.25, 0.3) is 0 Å². The third-order valence-electron chi connectivity index (χ3n) is 3.13. The Bertz CT molecular complexity index is 401. The van der Waals surface area contributed by atoms with E-state index >= 15 is 0 Å². The number of phenols is 1. The Morgan fingerprint density at radius 1 is 1.33 bits per heavy atom. The van der Waals surface area contributed by atoms with Gasteiger partial charge in [0, 0.05) is 13.1 Å². The zero-order valence-electron chi connectivity index (χ0n) is 11.7. The van der Waals surface area contributed by atoms with Gasteiger partial charge >= 0.3 is 0 Å². The molecule has 1 aromatic rings. The monoisotopic (exact) mass is 249 g/mol. The van der Waals surface area contributed by atoms with Crippen molar-refractivity contribution in [3.8, 4) is 5.75 Å². The molecular formula is C15H23NO2. The molecule has 0 spiro atoms. The van der Waals surface area contributed by atoms with Crippen molar-refractivity contribution in [3.05, 3.63) is 29.8 Å². The number of phenolic OH excluding ortho intramolecular Hbond substituents is 1. The van der Waals surface area contributed by atoms with Gasteiger partial charge in [-0.25, -0.2) is 0 Å². The molecule has 3 nitrogen and oxygen atoms in total. The maximum absolute atomic E-state index is 12.1. The maximum atomic E-state index is 12.1. The Balaban J connectivity index is 2.59. The van der Waals surface area contributed by atoms with Crippen LogP contribution in [-0.4, -0.2) is 29.0 Å². The van der Waals surface area contributed by atoms with E-state index in [0.29, 0.717) is 12.3 Å². The van der Waals surface area contributed by atoms with Crippen molar-refractivity contribution in [2.45, 2.75) is 39.7 Å². The fraction of sp³-hybridized carbons (Fsp3) is 0.533. The first kappa shape index (κ1) is 14.6. The summed E-state index contributed by atoms with van der Waals surface area (Å²) in [6, 6.07) is 7.11. The third kappa shape index (κ3) is 4.40. The van der Waals surface area contributed by atoms with E-state index in [4.69, 9.17) is 0 Å². The number of likely N-dealkylation sites (N-methyl/N-ethyl adjacent to an activating group) is 1. The summed E-state index contributed by atoms with van der Waals surface area (Å²) in [5, 5.41) is 9.37. The van der Waals surface area contributed by atoms with Crippen LogP contribution >= 0.6 is 0 Å². The number of carbonyl (C=O) groups excluding carboxylic acids is 1. The highest BCUT2D eigenvalue weighted by atomic mass is 16.3. The van der Waals surface area contributed by atoms with E-state index in [1.165, 1.54) is 0 Å². The van der Waals surface area contributed by atoms with Crippen LogP contribution in [0.15, 0.2) is 24.3 Å². The number of carbonyl (C=O) groups is 1. The molecule has 0 unspecified atom stereocenters. The first-order valence-corrected chi connectivity index (χ1v) is 6.43. The Kier molecular flexibility index (Phi) is 5.20. The predicted octanol–water partition coefficient (Wildman–Crippen LogP) is 2.83. The highest BCUT2D eigenvalue weighted by Crippen LogP contribution is 2.14. The Morgan fingerprint density at radius 3 is 2.56 bits per heavy atom. The molecule has 3 heteroatoms. The lowest BCUT2D eigenvalue weighted by Crippen LogP contribution is -2.36. The predicted molar refractivity (Wildman–Crippen MR) is 73.5 cm³/mol. The second kappa shape index (κ2) is 6.43. The summed E-state index contributed by atoms with van der Waals surface area (Å²) < 4.78 is 0. The molecule has 0 fully saturated rings. The molecule has 1 rings (SSSR count). The molecule has 0 saturated heterocycles. The molecule has 0 saturated carbocycles. The first-order valence-electron chi connectivity index (χ1n) is 6.43. The number of hydrogen-bond acceptors (Lipinski definition) is 2. The van der Waals surface area contributed by atoms with Crippen LogP contribution in [0.4, 0.5) is 0 Å². The van der Waals surface area contributed by atoms with E-state index in [9.17, 15) is 9.90 Å². The summed E-state index contributed by atoms with van der Waals surface area (Å²) >= 11 is 0. The van der Waals surface area contributed by atoms with E-state index in [-0.39, 0.29) is 17.7 Å². The summed E-state index contributed by atoms with van der Waals surface area (Å²) in [6.07, 6.45) is 1.34. The van der Waals surface area contributed by atoms with Crippen molar-refractivity contribution in [1.29, 1.82) is 0 Å². The van der Waals surface area contributed by atoms with Gasteiger partial charge in [0.2, 0.25) is 5.91 Å². The van der Waals surface area contributed by atoms with E-state index in [2.05, 4.69) is 20.8 Å². The lowest BCUT2D eigenvalue weighted by Gasteiger charge is -2.26. The van der Waals surface area contributed by atoms with Crippen molar-refractivity contribution >= 4 is 5.91 Å². The van der Waals surface area contributed by atoms with Crippen LogP contribution in [0, 0.1) is 5.92 Å². The number of nitrogens with zero attached hydrogens (tertiary/aromatic N) is 1. The molecule has 100 valence electrons. The topological polar surface area (TPSA) is 40.5 Å². The van der Waals surface area contributed by atoms with E-state index in [1.54, 1.807) is 23.1 Å². The minimum absolute atomic E-state index is 0.0914. The normalized spacial score (nSPS) is 12.5. The van der Waals surface area contributed by atoms with Gasteiger partial charge in [-0.1, -0.05) is 26.0 Å². The summed E-state index contributed by atoms with van der Waals surface area (Å²) in [7, 11) is 1.85. The number of hydrogen-bond donors (Lipinski definition) is 1. The van der Waals surface area contributed by atoms with Gasteiger partial charge in [-0.2, -0.15) is 0 Å². The average Bonchev–Trinajstić information content (AvgIpc) is 2.27. The number of benzene rings is 1. The van der Waals surface area contributed by atoms with Gasteiger partial charge < -0.3 is 10.0 Å². The maximum Gasteiger partial charge on any atom is 0.226 e. The van der Waals surface area contributed by atoms with Crippen molar-refractivity contribution < 1.29 is 9.90 Å². The second-order valence-corrected chi connectivity index (χ2v) is 5.33. The highest BCUT2D eigenvalue weighted by Gasteiger charge is 2.17. The van der Waals surface area contributed by atoms with Gasteiger partial charge in [-0.3, -0.25) is 4.79 Å². The van der Waals surface area contributed by atoms with Crippen LogP contribution in [0.1, 0.15) is 32.8 Å². The Labute approximate surface area is 109 Å². The fourth-order valence-electron chi connectivity index (χ4n) is 2.05. The number of rotatable bonds is 5.